The second kappa shape index (κ2) is 7.09. The van der Waals surface area contributed by atoms with E-state index in [1.807, 2.05) is 12.1 Å². The first-order valence-electron chi connectivity index (χ1n) is 4.79. The summed E-state index contributed by atoms with van der Waals surface area (Å²) in [6.07, 6.45) is 3.77. The molecule has 15 heavy (non-hydrogen) atoms. The molecular formula is C10H17NO2S2. The van der Waals surface area contributed by atoms with Gasteiger partial charge < -0.3 is 9.73 Å². The molecule has 1 rings (SSSR count). The highest BCUT2D eigenvalue weighted by Crippen LogP contribution is 2.12. The standard InChI is InChI=1S/C10H17NO2S2/c1-14-8-10-4-3-9(13-10)7-11-5-6-15(2)12/h3-4,11H,5-8H2,1-2H3. The van der Waals surface area contributed by atoms with Crippen LogP contribution in [0.15, 0.2) is 16.5 Å². The van der Waals surface area contributed by atoms with E-state index in [1.165, 1.54) is 0 Å². The zero-order chi connectivity index (χ0) is 11.1. The van der Waals surface area contributed by atoms with Crippen LogP contribution in [0, 0.1) is 0 Å². The van der Waals surface area contributed by atoms with Crippen molar-refractivity contribution in [1.29, 1.82) is 0 Å². The van der Waals surface area contributed by atoms with Gasteiger partial charge in [-0.1, -0.05) is 0 Å². The number of hydrogen-bond donors (Lipinski definition) is 1. The predicted octanol–water partition coefficient (Wildman–Crippen LogP) is 1.61. The summed E-state index contributed by atoms with van der Waals surface area (Å²) in [6, 6.07) is 3.99. The molecule has 1 aromatic rings. The van der Waals surface area contributed by atoms with E-state index in [9.17, 15) is 4.21 Å². The van der Waals surface area contributed by atoms with E-state index in [0.717, 1.165) is 23.8 Å². The smallest absolute Gasteiger partial charge is 0.118 e. The summed E-state index contributed by atoms with van der Waals surface area (Å²) < 4.78 is 16.4. The average Bonchev–Trinajstić information content (AvgIpc) is 2.61. The van der Waals surface area contributed by atoms with Crippen LogP contribution in [0.4, 0.5) is 0 Å². The third kappa shape index (κ3) is 5.39. The summed E-state index contributed by atoms with van der Waals surface area (Å²) in [6.45, 7) is 1.48. The van der Waals surface area contributed by atoms with Crippen molar-refractivity contribution < 1.29 is 8.63 Å². The zero-order valence-electron chi connectivity index (χ0n) is 9.12. The van der Waals surface area contributed by atoms with Crippen LogP contribution in [0.3, 0.4) is 0 Å². The maximum atomic E-state index is 10.8. The van der Waals surface area contributed by atoms with Gasteiger partial charge in [0.05, 0.1) is 12.3 Å². The SMILES string of the molecule is CSCc1ccc(CNCCS(C)=O)o1. The highest BCUT2D eigenvalue weighted by Gasteiger charge is 2.00. The number of thioether (sulfide) groups is 1. The lowest BCUT2D eigenvalue weighted by molar-refractivity contribution is 0.463. The molecule has 1 atom stereocenters. The number of hydrogen-bond acceptors (Lipinski definition) is 4. The highest BCUT2D eigenvalue weighted by atomic mass is 32.2. The molecule has 86 valence electrons. The quantitative estimate of drug-likeness (QED) is 0.743. The first-order chi connectivity index (χ1) is 7.22. The molecule has 5 heteroatoms. The van der Waals surface area contributed by atoms with Gasteiger partial charge in [-0.2, -0.15) is 11.8 Å². The van der Waals surface area contributed by atoms with E-state index < -0.39 is 10.8 Å². The third-order valence-corrected chi connectivity index (χ3v) is 3.22. The zero-order valence-corrected chi connectivity index (χ0v) is 10.7. The van der Waals surface area contributed by atoms with Crippen molar-refractivity contribution in [3.8, 4) is 0 Å². The fourth-order valence-corrected chi connectivity index (χ4v) is 2.04. The van der Waals surface area contributed by atoms with Crippen LogP contribution in [-0.4, -0.2) is 29.0 Å². The van der Waals surface area contributed by atoms with Crippen LogP contribution >= 0.6 is 11.8 Å². The Morgan fingerprint density at radius 1 is 1.47 bits per heavy atom. The van der Waals surface area contributed by atoms with Crippen molar-refractivity contribution in [2.45, 2.75) is 12.3 Å². The highest BCUT2D eigenvalue weighted by molar-refractivity contribution is 7.97. The van der Waals surface area contributed by atoms with Gasteiger partial charge in [0.15, 0.2) is 0 Å². The molecule has 0 aliphatic rings. The minimum absolute atomic E-state index is 0.693. The van der Waals surface area contributed by atoms with Gasteiger partial charge >= 0.3 is 0 Å². The van der Waals surface area contributed by atoms with E-state index in [1.54, 1.807) is 18.0 Å². The van der Waals surface area contributed by atoms with E-state index in [-0.39, 0.29) is 0 Å². The molecule has 0 aromatic carbocycles. The first kappa shape index (κ1) is 12.8. The summed E-state index contributed by atoms with van der Waals surface area (Å²) in [5, 5.41) is 3.19. The summed E-state index contributed by atoms with van der Waals surface area (Å²) in [4.78, 5) is 0. The third-order valence-electron chi connectivity index (χ3n) is 1.87. The van der Waals surface area contributed by atoms with E-state index in [2.05, 4.69) is 11.6 Å². The second-order valence-corrected chi connectivity index (χ2v) is 5.68. The maximum absolute atomic E-state index is 10.8. The molecule has 1 heterocycles. The number of nitrogens with one attached hydrogen (secondary N) is 1. The van der Waals surface area contributed by atoms with Crippen molar-refractivity contribution in [3.05, 3.63) is 23.7 Å². The molecule has 1 aromatic heterocycles. The molecule has 0 aliphatic heterocycles. The van der Waals surface area contributed by atoms with Crippen molar-refractivity contribution in [2.24, 2.45) is 0 Å². The molecule has 0 spiro atoms. The van der Waals surface area contributed by atoms with Crippen LogP contribution in [0.25, 0.3) is 0 Å². The first-order valence-corrected chi connectivity index (χ1v) is 7.91. The van der Waals surface area contributed by atoms with Crippen molar-refractivity contribution >= 4 is 22.6 Å². The minimum atomic E-state index is -0.718. The van der Waals surface area contributed by atoms with Gasteiger partial charge in [-0.15, -0.1) is 0 Å². The molecule has 0 saturated carbocycles. The Balaban J connectivity index is 2.22. The van der Waals surface area contributed by atoms with E-state index in [0.29, 0.717) is 12.3 Å². The molecular weight excluding hydrogens is 230 g/mol. The topological polar surface area (TPSA) is 42.2 Å². The maximum Gasteiger partial charge on any atom is 0.118 e. The molecule has 1 N–H and O–H groups in total. The Morgan fingerprint density at radius 2 is 2.20 bits per heavy atom. The average molecular weight is 247 g/mol. The second-order valence-electron chi connectivity index (χ2n) is 3.26. The molecule has 0 aliphatic carbocycles. The van der Waals surface area contributed by atoms with Crippen LogP contribution in [0.5, 0.6) is 0 Å². The van der Waals surface area contributed by atoms with Crippen molar-refractivity contribution in [2.75, 3.05) is 24.8 Å². The monoisotopic (exact) mass is 247 g/mol. The largest absolute Gasteiger partial charge is 0.464 e. The molecule has 0 amide bonds. The predicted molar refractivity (Wildman–Crippen MR) is 66.6 cm³/mol. The van der Waals surface area contributed by atoms with Gasteiger partial charge in [0, 0.05) is 29.4 Å². The van der Waals surface area contributed by atoms with Gasteiger partial charge in [-0.05, 0) is 18.4 Å². The lowest BCUT2D eigenvalue weighted by Gasteiger charge is -2.00. The van der Waals surface area contributed by atoms with Crippen LogP contribution < -0.4 is 5.32 Å². The summed E-state index contributed by atoms with van der Waals surface area (Å²) in [7, 11) is -0.718. The molecule has 0 saturated heterocycles. The molecule has 0 radical (unpaired) electrons. The van der Waals surface area contributed by atoms with Gasteiger partial charge in [0.1, 0.15) is 11.5 Å². The Hall–Kier alpha value is -0.260. The van der Waals surface area contributed by atoms with Crippen molar-refractivity contribution in [3.63, 3.8) is 0 Å². The minimum Gasteiger partial charge on any atom is -0.464 e. The summed E-state index contributed by atoms with van der Waals surface area (Å²) >= 11 is 1.75. The Labute approximate surface area is 97.5 Å². The lowest BCUT2D eigenvalue weighted by Crippen LogP contribution is -2.19. The van der Waals surface area contributed by atoms with E-state index in [4.69, 9.17) is 4.42 Å². The summed E-state index contributed by atoms with van der Waals surface area (Å²) in [5.41, 5.74) is 0. The Kier molecular flexibility index (Phi) is 6.05. The van der Waals surface area contributed by atoms with Gasteiger partial charge in [0.2, 0.25) is 0 Å². The number of rotatable bonds is 7. The van der Waals surface area contributed by atoms with Gasteiger partial charge in [-0.25, -0.2) is 0 Å². The lowest BCUT2D eigenvalue weighted by atomic mass is 10.4. The van der Waals surface area contributed by atoms with Gasteiger partial charge in [-0.3, -0.25) is 4.21 Å². The van der Waals surface area contributed by atoms with Crippen LogP contribution in [-0.2, 0) is 23.1 Å². The molecule has 0 fully saturated rings. The Bertz CT molecular complexity index is 312. The fraction of sp³-hybridized carbons (Fsp3) is 0.600. The van der Waals surface area contributed by atoms with E-state index >= 15 is 0 Å². The molecule has 3 nitrogen and oxygen atoms in total. The van der Waals surface area contributed by atoms with Crippen LogP contribution in [0.2, 0.25) is 0 Å². The Morgan fingerprint density at radius 3 is 2.87 bits per heavy atom. The van der Waals surface area contributed by atoms with Gasteiger partial charge in [0.25, 0.3) is 0 Å². The fourth-order valence-electron chi connectivity index (χ4n) is 1.16. The normalized spacial score (nSPS) is 12.9. The number of furan rings is 1. The molecule has 0 bridgehead atoms. The van der Waals surface area contributed by atoms with Crippen molar-refractivity contribution in [1.82, 2.24) is 5.32 Å². The summed E-state index contributed by atoms with van der Waals surface area (Å²) in [5.74, 6) is 3.57. The van der Waals surface area contributed by atoms with Crippen LogP contribution in [0.1, 0.15) is 11.5 Å². The molecule has 1 unspecified atom stereocenters.